The van der Waals surface area contributed by atoms with Crippen LogP contribution in [0, 0.1) is 5.92 Å². The standard InChI is InChI=1S/C22H35NO2/c1-17(2)6-5-7-22(24)25-21-14-12-20(13-15-21)19-10-8-18(9-11-19)16-23(3)4/h8-11,17,20-21H,5-7,12-16H2,1-4H3. The van der Waals surface area contributed by atoms with Gasteiger partial charge in [0.1, 0.15) is 6.10 Å². The van der Waals surface area contributed by atoms with E-state index in [0.717, 1.165) is 45.1 Å². The average molecular weight is 346 g/mol. The Labute approximate surface area is 153 Å². The quantitative estimate of drug-likeness (QED) is 0.611. The molecule has 0 atom stereocenters. The Balaban J connectivity index is 1.73. The third-order valence-electron chi connectivity index (χ3n) is 5.08. The summed E-state index contributed by atoms with van der Waals surface area (Å²) < 4.78 is 5.68. The molecular weight excluding hydrogens is 310 g/mol. The Morgan fingerprint density at radius 3 is 2.32 bits per heavy atom. The van der Waals surface area contributed by atoms with Crippen molar-refractivity contribution in [2.45, 2.75) is 77.4 Å². The molecule has 2 rings (SSSR count). The van der Waals surface area contributed by atoms with Crippen molar-refractivity contribution in [2.75, 3.05) is 14.1 Å². The summed E-state index contributed by atoms with van der Waals surface area (Å²) in [5.41, 5.74) is 2.79. The first kappa shape index (κ1) is 20.0. The van der Waals surface area contributed by atoms with Crippen LogP contribution in [0.2, 0.25) is 0 Å². The maximum atomic E-state index is 11.9. The highest BCUT2D eigenvalue weighted by molar-refractivity contribution is 5.69. The van der Waals surface area contributed by atoms with Crippen LogP contribution in [-0.2, 0) is 16.1 Å². The molecule has 0 bridgehead atoms. The van der Waals surface area contributed by atoms with Crippen LogP contribution in [0.3, 0.4) is 0 Å². The van der Waals surface area contributed by atoms with Crippen molar-refractivity contribution in [1.29, 1.82) is 0 Å². The van der Waals surface area contributed by atoms with Crippen molar-refractivity contribution >= 4 is 5.97 Å². The molecule has 0 radical (unpaired) electrons. The fraction of sp³-hybridized carbons (Fsp3) is 0.682. The van der Waals surface area contributed by atoms with Crippen LogP contribution in [0.5, 0.6) is 0 Å². The lowest BCUT2D eigenvalue weighted by Gasteiger charge is -2.28. The second-order valence-corrected chi connectivity index (χ2v) is 8.23. The molecule has 1 aromatic rings. The van der Waals surface area contributed by atoms with Gasteiger partial charge < -0.3 is 9.64 Å². The number of nitrogens with zero attached hydrogens (tertiary/aromatic N) is 1. The molecule has 1 aliphatic carbocycles. The third-order valence-corrected chi connectivity index (χ3v) is 5.08. The average Bonchev–Trinajstić information content (AvgIpc) is 2.55. The zero-order valence-corrected chi connectivity index (χ0v) is 16.5. The minimum absolute atomic E-state index is 0.00265. The zero-order valence-electron chi connectivity index (χ0n) is 16.5. The number of ether oxygens (including phenoxy) is 1. The number of benzene rings is 1. The van der Waals surface area contributed by atoms with Crippen LogP contribution in [0.1, 0.15) is 75.8 Å². The van der Waals surface area contributed by atoms with Crippen molar-refractivity contribution in [2.24, 2.45) is 5.92 Å². The van der Waals surface area contributed by atoms with Gasteiger partial charge in [-0.2, -0.15) is 0 Å². The van der Waals surface area contributed by atoms with Gasteiger partial charge in [0.05, 0.1) is 0 Å². The molecule has 0 amide bonds. The molecule has 0 heterocycles. The maximum Gasteiger partial charge on any atom is 0.306 e. The van der Waals surface area contributed by atoms with Crippen molar-refractivity contribution in [3.63, 3.8) is 0 Å². The molecular formula is C22H35NO2. The van der Waals surface area contributed by atoms with Crippen LogP contribution in [0.25, 0.3) is 0 Å². The van der Waals surface area contributed by atoms with Crippen LogP contribution in [0.4, 0.5) is 0 Å². The molecule has 0 N–H and O–H groups in total. The second-order valence-electron chi connectivity index (χ2n) is 8.23. The van der Waals surface area contributed by atoms with Gasteiger partial charge in [-0.25, -0.2) is 0 Å². The van der Waals surface area contributed by atoms with Gasteiger partial charge in [-0.05, 0) is 69.2 Å². The molecule has 140 valence electrons. The number of hydrogen-bond donors (Lipinski definition) is 0. The fourth-order valence-electron chi connectivity index (χ4n) is 3.67. The summed E-state index contributed by atoms with van der Waals surface area (Å²) in [5.74, 6) is 1.27. The lowest BCUT2D eigenvalue weighted by molar-refractivity contribution is -0.150. The molecule has 0 aliphatic heterocycles. The molecule has 1 saturated carbocycles. The largest absolute Gasteiger partial charge is 0.462 e. The van der Waals surface area contributed by atoms with E-state index in [0.29, 0.717) is 18.3 Å². The van der Waals surface area contributed by atoms with Gasteiger partial charge in [0, 0.05) is 13.0 Å². The summed E-state index contributed by atoms with van der Waals surface area (Å²) in [6, 6.07) is 9.05. The Bertz CT molecular complexity index is 513. The molecule has 1 aliphatic rings. The van der Waals surface area contributed by atoms with E-state index in [2.05, 4.69) is 57.1 Å². The van der Waals surface area contributed by atoms with Crippen molar-refractivity contribution in [3.8, 4) is 0 Å². The third kappa shape index (κ3) is 7.19. The van der Waals surface area contributed by atoms with Crippen LogP contribution in [-0.4, -0.2) is 31.1 Å². The first-order valence-electron chi connectivity index (χ1n) is 9.87. The zero-order chi connectivity index (χ0) is 18.2. The van der Waals surface area contributed by atoms with E-state index in [9.17, 15) is 4.79 Å². The van der Waals surface area contributed by atoms with E-state index in [1.165, 1.54) is 11.1 Å². The van der Waals surface area contributed by atoms with Crippen LogP contribution < -0.4 is 0 Å². The van der Waals surface area contributed by atoms with Crippen LogP contribution >= 0.6 is 0 Å². The Morgan fingerprint density at radius 1 is 1.12 bits per heavy atom. The number of carbonyl (C=O) groups is 1. The predicted molar refractivity (Wildman–Crippen MR) is 104 cm³/mol. The minimum Gasteiger partial charge on any atom is -0.462 e. The molecule has 25 heavy (non-hydrogen) atoms. The van der Waals surface area contributed by atoms with E-state index < -0.39 is 0 Å². The van der Waals surface area contributed by atoms with Gasteiger partial charge in [-0.3, -0.25) is 4.79 Å². The summed E-state index contributed by atoms with van der Waals surface area (Å²) in [4.78, 5) is 14.1. The Hall–Kier alpha value is -1.35. The van der Waals surface area contributed by atoms with Gasteiger partial charge in [-0.15, -0.1) is 0 Å². The van der Waals surface area contributed by atoms with E-state index >= 15 is 0 Å². The number of hydrogen-bond acceptors (Lipinski definition) is 3. The van der Waals surface area contributed by atoms with Gasteiger partial charge in [-0.1, -0.05) is 44.5 Å². The summed E-state index contributed by atoms with van der Waals surface area (Å²) in [6.07, 6.45) is 7.01. The summed E-state index contributed by atoms with van der Waals surface area (Å²) >= 11 is 0. The highest BCUT2D eigenvalue weighted by Gasteiger charge is 2.24. The highest BCUT2D eigenvalue weighted by atomic mass is 16.5. The summed E-state index contributed by atoms with van der Waals surface area (Å²) in [7, 11) is 4.19. The maximum absolute atomic E-state index is 11.9. The monoisotopic (exact) mass is 345 g/mol. The van der Waals surface area contributed by atoms with E-state index in [4.69, 9.17) is 4.74 Å². The molecule has 1 aromatic carbocycles. The van der Waals surface area contributed by atoms with E-state index in [-0.39, 0.29) is 12.1 Å². The molecule has 0 spiro atoms. The SMILES string of the molecule is CC(C)CCCC(=O)OC1CCC(c2ccc(CN(C)C)cc2)CC1. The topological polar surface area (TPSA) is 29.5 Å². The molecule has 3 nitrogen and oxygen atoms in total. The smallest absolute Gasteiger partial charge is 0.306 e. The molecule has 3 heteroatoms. The molecule has 1 fully saturated rings. The van der Waals surface area contributed by atoms with Crippen molar-refractivity contribution in [1.82, 2.24) is 4.90 Å². The number of carbonyl (C=O) groups excluding carboxylic acids is 1. The summed E-state index contributed by atoms with van der Waals surface area (Å²) in [5, 5.41) is 0. The minimum atomic E-state index is -0.00265. The highest BCUT2D eigenvalue weighted by Crippen LogP contribution is 2.34. The lowest BCUT2D eigenvalue weighted by Crippen LogP contribution is -2.23. The molecule has 0 saturated heterocycles. The van der Waals surface area contributed by atoms with E-state index in [1.807, 2.05) is 0 Å². The first-order valence-corrected chi connectivity index (χ1v) is 9.87. The van der Waals surface area contributed by atoms with Crippen molar-refractivity contribution < 1.29 is 9.53 Å². The van der Waals surface area contributed by atoms with Crippen molar-refractivity contribution in [3.05, 3.63) is 35.4 Å². The molecule has 0 aromatic heterocycles. The van der Waals surface area contributed by atoms with Gasteiger partial charge >= 0.3 is 5.97 Å². The summed E-state index contributed by atoms with van der Waals surface area (Å²) in [6.45, 7) is 5.37. The normalized spacial score (nSPS) is 20.9. The van der Waals surface area contributed by atoms with Crippen LogP contribution in [0.15, 0.2) is 24.3 Å². The number of rotatable bonds is 8. The predicted octanol–water partition coefficient (Wildman–Crippen LogP) is 5.14. The van der Waals surface area contributed by atoms with Gasteiger partial charge in [0.2, 0.25) is 0 Å². The lowest BCUT2D eigenvalue weighted by atomic mass is 9.82. The fourth-order valence-corrected chi connectivity index (χ4v) is 3.67. The molecule has 0 unspecified atom stereocenters. The first-order chi connectivity index (χ1) is 11.9. The second kappa shape index (κ2) is 9.96. The Kier molecular flexibility index (Phi) is 7.95. The van der Waals surface area contributed by atoms with E-state index in [1.54, 1.807) is 0 Å². The van der Waals surface area contributed by atoms with Gasteiger partial charge in [0.25, 0.3) is 0 Å². The van der Waals surface area contributed by atoms with Gasteiger partial charge in [0.15, 0.2) is 0 Å². The Morgan fingerprint density at radius 2 is 1.76 bits per heavy atom. The number of esters is 1.